The standard InChI is InChI=1S/C26H21F3O6/c1-32-22-15-9-17(23(33-2)24(22)34-3)8-14-21(30)16-6-12-20(13-7-16)35-25(31)18-4-10-19(11-5-18)26(27,28)29/h4-15H,1-3H3/b14-8+. The van der Waals surface area contributed by atoms with Gasteiger partial charge in [-0.3, -0.25) is 4.79 Å². The van der Waals surface area contributed by atoms with Gasteiger partial charge in [-0.25, -0.2) is 4.79 Å². The highest BCUT2D eigenvalue weighted by molar-refractivity contribution is 6.07. The van der Waals surface area contributed by atoms with E-state index in [1.165, 1.54) is 51.7 Å². The number of rotatable bonds is 8. The van der Waals surface area contributed by atoms with Crippen molar-refractivity contribution in [1.29, 1.82) is 0 Å². The second-order valence-electron chi connectivity index (χ2n) is 7.11. The number of allylic oxidation sites excluding steroid dienone is 1. The van der Waals surface area contributed by atoms with Gasteiger partial charge in [0, 0.05) is 11.1 Å². The Morgan fingerprint density at radius 3 is 1.89 bits per heavy atom. The summed E-state index contributed by atoms with van der Waals surface area (Å²) in [5, 5.41) is 0. The Kier molecular flexibility index (Phi) is 7.80. The summed E-state index contributed by atoms with van der Waals surface area (Å²) >= 11 is 0. The summed E-state index contributed by atoms with van der Waals surface area (Å²) in [6.45, 7) is 0. The monoisotopic (exact) mass is 486 g/mol. The van der Waals surface area contributed by atoms with Crippen LogP contribution in [0.4, 0.5) is 13.2 Å². The summed E-state index contributed by atoms with van der Waals surface area (Å²) in [6.07, 6.45) is -1.57. The first-order chi connectivity index (χ1) is 16.7. The molecule has 0 amide bonds. The molecule has 0 atom stereocenters. The number of carbonyl (C=O) groups is 2. The molecule has 3 rings (SSSR count). The smallest absolute Gasteiger partial charge is 0.416 e. The minimum atomic E-state index is -4.50. The Morgan fingerprint density at radius 1 is 0.743 bits per heavy atom. The van der Waals surface area contributed by atoms with Gasteiger partial charge in [0.05, 0.1) is 32.5 Å². The van der Waals surface area contributed by atoms with E-state index in [1.54, 1.807) is 18.2 Å². The zero-order valence-corrected chi connectivity index (χ0v) is 19.0. The molecule has 0 saturated heterocycles. The zero-order chi connectivity index (χ0) is 25.6. The van der Waals surface area contributed by atoms with Gasteiger partial charge in [0.15, 0.2) is 17.3 Å². The second kappa shape index (κ2) is 10.8. The highest BCUT2D eigenvalue weighted by Gasteiger charge is 2.30. The molecule has 0 aliphatic carbocycles. The van der Waals surface area contributed by atoms with Crippen molar-refractivity contribution in [3.63, 3.8) is 0 Å². The summed E-state index contributed by atoms with van der Waals surface area (Å²) in [7, 11) is 4.45. The molecule has 35 heavy (non-hydrogen) atoms. The summed E-state index contributed by atoms with van der Waals surface area (Å²) in [5.41, 5.74) is 0.0243. The molecule has 0 aromatic heterocycles. The third-order valence-electron chi connectivity index (χ3n) is 4.95. The van der Waals surface area contributed by atoms with Crippen LogP contribution in [0.25, 0.3) is 6.08 Å². The summed E-state index contributed by atoms with van der Waals surface area (Å²) in [5.74, 6) is 0.275. The van der Waals surface area contributed by atoms with Crippen LogP contribution in [0.5, 0.6) is 23.0 Å². The van der Waals surface area contributed by atoms with Crippen molar-refractivity contribution in [2.24, 2.45) is 0 Å². The fourth-order valence-electron chi connectivity index (χ4n) is 3.17. The van der Waals surface area contributed by atoms with Crippen molar-refractivity contribution in [1.82, 2.24) is 0 Å². The van der Waals surface area contributed by atoms with Gasteiger partial charge in [-0.15, -0.1) is 0 Å². The van der Waals surface area contributed by atoms with Gasteiger partial charge in [-0.1, -0.05) is 0 Å². The van der Waals surface area contributed by atoms with Crippen LogP contribution in [-0.4, -0.2) is 33.1 Å². The fraction of sp³-hybridized carbons (Fsp3) is 0.154. The number of carbonyl (C=O) groups excluding carboxylic acids is 2. The molecule has 0 fully saturated rings. The second-order valence-corrected chi connectivity index (χ2v) is 7.11. The van der Waals surface area contributed by atoms with Gasteiger partial charge < -0.3 is 18.9 Å². The number of hydrogen-bond donors (Lipinski definition) is 0. The lowest BCUT2D eigenvalue weighted by molar-refractivity contribution is -0.137. The van der Waals surface area contributed by atoms with Crippen molar-refractivity contribution < 1.29 is 41.7 Å². The molecule has 0 spiro atoms. The van der Waals surface area contributed by atoms with Crippen molar-refractivity contribution in [3.8, 4) is 23.0 Å². The molecule has 0 bridgehead atoms. The number of ether oxygens (including phenoxy) is 4. The summed E-state index contributed by atoms with van der Waals surface area (Å²) < 4.78 is 59.1. The minimum absolute atomic E-state index is 0.0371. The van der Waals surface area contributed by atoms with Crippen LogP contribution in [0.1, 0.15) is 31.8 Å². The van der Waals surface area contributed by atoms with Gasteiger partial charge >= 0.3 is 12.1 Å². The third-order valence-corrected chi connectivity index (χ3v) is 4.95. The van der Waals surface area contributed by atoms with E-state index in [1.807, 2.05) is 0 Å². The van der Waals surface area contributed by atoms with Gasteiger partial charge in [-0.05, 0) is 72.8 Å². The Hall–Kier alpha value is -4.27. The van der Waals surface area contributed by atoms with Crippen molar-refractivity contribution in [2.75, 3.05) is 21.3 Å². The number of hydrogen-bond acceptors (Lipinski definition) is 6. The van der Waals surface area contributed by atoms with E-state index < -0.39 is 17.7 Å². The SMILES string of the molecule is COc1ccc(/C=C/C(=O)c2ccc(OC(=O)c3ccc(C(F)(F)F)cc3)cc2)c(OC)c1OC. The van der Waals surface area contributed by atoms with Gasteiger partial charge in [0.1, 0.15) is 5.75 Å². The number of benzene rings is 3. The number of halogens is 3. The highest BCUT2D eigenvalue weighted by atomic mass is 19.4. The average Bonchev–Trinajstić information content (AvgIpc) is 2.86. The van der Waals surface area contributed by atoms with E-state index in [0.29, 0.717) is 28.4 Å². The molecule has 0 saturated carbocycles. The molecular weight excluding hydrogens is 465 g/mol. The molecule has 0 heterocycles. The Labute approximate surface area is 199 Å². The van der Waals surface area contributed by atoms with E-state index in [-0.39, 0.29) is 17.1 Å². The molecule has 6 nitrogen and oxygen atoms in total. The van der Waals surface area contributed by atoms with Crippen molar-refractivity contribution in [2.45, 2.75) is 6.18 Å². The lowest BCUT2D eigenvalue weighted by Gasteiger charge is -2.13. The van der Waals surface area contributed by atoms with E-state index in [2.05, 4.69) is 0 Å². The van der Waals surface area contributed by atoms with Crippen LogP contribution in [0, 0.1) is 0 Å². The van der Waals surface area contributed by atoms with E-state index >= 15 is 0 Å². The van der Waals surface area contributed by atoms with Gasteiger partial charge in [0.25, 0.3) is 0 Å². The first-order valence-electron chi connectivity index (χ1n) is 10.2. The topological polar surface area (TPSA) is 71.1 Å². The van der Waals surface area contributed by atoms with E-state index in [0.717, 1.165) is 24.3 Å². The quantitative estimate of drug-likeness (QED) is 0.172. The summed E-state index contributed by atoms with van der Waals surface area (Å²) in [4.78, 5) is 24.8. The molecule has 3 aromatic carbocycles. The molecule has 182 valence electrons. The normalized spacial score (nSPS) is 11.3. The van der Waals surface area contributed by atoms with E-state index in [4.69, 9.17) is 18.9 Å². The van der Waals surface area contributed by atoms with Gasteiger partial charge in [0.2, 0.25) is 5.75 Å². The lowest BCUT2D eigenvalue weighted by Crippen LogP contribution is -2.10. The fourth-order valence-corrected chi connectivity index (χ4v) is 3.17. The van der Waals surface area contributed by atoms with Crippen LogP contribution in [0.3, 0.4) is 0 Å². The number of alkyl halides is 3. The maximum atomic E-state index is 12.7. The molecule has 0 aliphatic rings. The van der Waals surface area contributed by atoms with Gasteiger partial charge in [-0.2, -0.15) is 13.2 Å². The van der Waals surface area contributed by atoms with Crippen LogP contribution < -0.4 is 18.9 Å². The van der Waals surface area contributed by atoms with Crippen LogP contribution in [0.15, 0.2) is 66.7 Å². The Bertz CT molecular complexity index is 1230. The third kappa shape index (κ3) is 6.00. The molecule has 0 unspecified atom stereocenters. The van der Waals surface area contributed by atoms with Crippen LogP contribution in [0.2, 0.25) is 0 Å². The molecule has 9 heteroatoms. The first kappa shape index (κ1) is 25.4. The zero-order valence-electron chi connectivity index (χ0n) is 19.0. The predicted molar refractivity (Wildman–Crippen MR) is 122 cm³/mol. The number of ketones is 1. The first-order valence-corrected chi connectivity index (χ1v) is 10.2. The average molecular weight is 486 g/mol. The van der Waals surface area contributed by atoms with E-state index in [9.17, 15) is 22.8 Å². The molecule has 0 N–H and O–H groups in total. The lowest BCUT2D eigenvalue weighted by atomic mass is 10.1. The molecule has 0 aliphatic heterocycles. The highest BCUT2D eigenvalue weighted by Crippen LogP contribution is 2.40. The van der Waals surface area contributed by atoms with Crippen molar-refractivity contribution in [3.05, 3.63) is 89.0 Å². The Balaban J connectivity index is 1.69. The minimum Gasteiger partial charge on any atom is -0.493 e. The van der Waals surface area contributed by atoms with Crippen molar-refractivity contribution >= 4 is 17.8 Å². The Morgan fingerprint density at radius 2 is 1.34 bits per heavy atom. The largest absolute Gasteiger partial charge is 0.493 e. The maximum Gasteiger partial charge on any atom is 0.416 e. The predicted octanol–water partition coefficient (Wildman–Crippen LogP) is 5.85. The van der Waals surface area contributed by atoms with Crippen LogP contribution in [-0.2, 0) is 6.18 Å². The molecule has 3 aromatic rings. The molecule has 0 radical (unpaired) electrons. The van der Waals surface area contributed by atoms with Crippen LogP contribution >= 0.6 is 0 Å². The summed E-state index contributed by atoms with van der Waals surface area (Å²) in [6, 6.07) is 12.9. The molecular formula is C26H21F3O6. The number of esters is 1. The maximum absolute atomic E-state index is 12.7. The number of methoxy groups -OCH3 is 3.